The summed E-state index contributed by atoms with van der Waals surface area (Å²) in [6, 6.07) is 6.75. The quantitative estimate of drug-likeness (QED) is 0.336. The van der Waals surface area contributed by atoms with Crippen LogP contribution in [0.15, 0.2) is 28.7 Å². The van der Waals surface area contributed by atoms with Crippen LogP contribution in [0.3, 0.4) is 0 Å². The molecule has 6 nitrogen and oxygen atoms in total. The molecule has 2 aromatic rings. The fraction of sp³-hybridized carbons (Fsp3) is 0.154. The Labute approximate surface area is 123 Å². The highest BCUT2D eigenvalue weighted by Gasteiger charge is 2.16. The fourth-order valence-corrected chi connectivity index (χ4v) is 2.58. The minimum absolute atomic E-state index is 0.0645. The summed E-state index contributed by atoms with van der Waals surface area (Å²) in [4.78, 5) is 20.6. The van der Waals surface area contributed by atoms with Gasteiger partial charge in [-0.25, -0.2) is 9.78 Å². The van der Waals surface area contributed by atoms with Crippen LogP contribution in [0.2, 0.25) is 0 Å². The van der Waals surface area contributed by atoms with Gasteiger partial charge in [-0.2, -0.15) is 0 Å². The van der Waals surface area contributed by atoms with Gasteiger partial charge in [-0.05, 0) is 12.1 Å². The normalized spacial score (nSPS) is 10.7. The molecule has 0 spiro atoms. The number of carbonyl (C=O) groups is 1. The zero-order chi connectivity index (χ0) is 14.7. The maximum atomic E-state index is 11.3. The van der Waals surface area contributed by atoms with Gasteiger partial charge in [0.2, 0.25) is 0 Å². The van der Waals surface area contributed by atoms with Crippen LogP contribution in [0.5, 0.6) is 5.75 Å². The van der Waals surface area contributed by atoms with Crippen molar-refractivity contribution in [3.63, 3.8) is 0 Å². The molecule has 0 bridgehead atoms. The second-order valence-electron chi connectivity index (χ2n) is 3.95. The van der Waals surface area contributed by atoms with Crippen LogP contribution >= 0.6 is 15.9 Å². The zero-order valence-electron chi connectivity index (χ0n) is 10.6. The molecule has 20 heavy (non-hydrogen) atoms. The smallest absolute Gasteiger partial charge is 0.252 e. The second kappa shape index (κ2) is 6.08. The summed E-state index contributed by atoms with van der Waals surface area (Å²) >= 11 is 3.38. The van der Waals surface area contributed by atoms with E-state index in [0.717, 1.165) is 11.1 Å². The molecule has 0 unspecified atom stereocenters. The number of amides is 1. The van der Waals surface area contributed by atoms with E-state index in [1.165, 1.54) is 13.2 Å². The van der Waals surface area contributed by atoms with E-state index in [4.69, 9.17) is 10.6 Å². The highest BCUT2D eigenvalue weighted by atomic mass is 79.9. The first-order valence-corrected chi connectivity index (χ1v) is 6.49. The van der Waals surface area contributed by atoms with Gasteiger partial charge in [0.05, 0.1) is 12.7 Å². The fourth-order valence-electron chi connectivity index (χ4n) is 1.92. The first-order valence-electron chi connectivity index (χ1n) is 5.69. The van der Waals surface area contributed by atoms with E-state index in [1.54, 1.807) is 12.1 Å². The van der Waals surface area contributed by atoms with Crippen molar-refractivity contribution >= 4 is 38.3 Å². The van der Waals surface area contributed by atoms with Crippen molar-refractivity contribution < 1.29 is 19.7 Å². The number of anilines is 1. The third-order valence-corrected chi connectivity index (χ3v) is 3.41. The second-order valence-corrected chi connectivity index (χ2v) is 4.81. The SMILES string of the molecule is COOCNc1cccc2c(O)c(C(N)=O)cc(Br)c12. The largest absolute Gasteiger partial charge is 0.506 e. The van der Waals surface area contributed by atoms with Gasteiger partial charge < -0.3 is 16.2 Å². The molecule has 0 saturated carbocycles. The van der Waals surface area contributed by atoms with Crippen LogP contribution in [0.1, 0.15) is 10.4 Å². The van der Waals surface area contributed by atoms with Gasteiger partial charge in [-0.3, -0.25) is 4.79 Å². The highest BCUT2D eigenvalue weighted by molar-refractivity contribution is 9.10. The molecule has 0 aromatic heterocycles. The molecule has 0 saturated heterocycles. The van der Waals surface area contributed by atoms with Crippen molar-refractivity contribution in [3.05, 3.63) is 34.3 Å². The summed E-state index contributed by atoms with van der Waals surface area (Å²) in [5, 5.41) is 14.4. The number of benzene rings is 2. The Hall–Kier alpha value is -1.83. The van der Waals surface area contributed by atoms with Crippen LogP contribution in [0, 0.1) is 0 Å². The summed E-state index contributed by atoms with van der Waals surface area (Å²) in [6.45, 7) is 0.139. The Balaban J connectivity index is 2.58. The third kappa shape index (κ3) is 2.69. The Morgan fingerprint density at radius 3 is 2.90 bits per heavy atom. The lowest BCUT2D eigenvalue weighted by molar-refractivity contribution is -0.266. The van der Waals surface area contributed by atoms with E-state index < -0.39 is 5.91 Å². The average molecular weight is 341 g/mol. The van der Waals surface area contributed by atoms with E-state index in [9.17, 15) is 9.90 Å². The van der Waals surface area contributed by atoms with Crippen molar-refractivity contribution in [1.82, 2.24) is 0 Å². The molecule has 4 N–H and O–H groups in total. The predicted octanol–water partition coefficient (Wildman–Crippen LogP) is 2.35. The number of fused-ring (bicyclic) bond motifs is 1. The Morgan fingerprint density at radius 1 is 1.50 bits per heavy atom. The van der Waals surface area contributed by atoms with Crippen molar-refractivity contribution in [2.75, 3.05) is 19.2 Å². The molecule has 0 aliphatic carbocycles. The Morgan fingerprint density at radius 2 is 2.25 bits per heavy atom. The maximum absolute atomic E-state index is 11.3. The molecule has 2 aromatic carbocycles. The van der Waals surface area contributed by atoms with Gasteiger partial charge in [-0.15, -0.1) is 0 Å². The van der Waals surface area contributed by atoms with E-state index in [-0.39, 0.29) is 18.0 Å². The topological polar surface area (TPSA) is 93.8 Å². The molecule has 0 fully saturated rings. The number of primary amides is 1. The van der Waals surface area contributed by atoms with Gasteiger partial charge in [-0.1, -0.05) is 28.1 Å². The van der Waals surface area contributed by atoms with Crippen molar-refractivity contribution in [2.45, 2.75) is 0 Å². The average Bonchev–Trinajstić information content (AvgIpc) is 2.42. The molecule has 0 aliphatic heterocycles. The number of rotatable bonds is 5. The number of nitrogens with one attached hydrogen (secondary N) is 1. The monoisotopic (exact) mass is 340 g/mol. The number of halogens is 1. The van der Waals surface area contributed by atoms with Crippen molar-refractivity contribution in [3.8, 4) is 5.75 Å². The van der Waals surface area contributed by atoms with Crippen molar-refractivity contribution in [1.29, 1.82) is 0 Å². The first kappa shape index (κ1) is 14.6. The third-order valence-electron chi connectivity index (χ3n) is 2.79. The minimum Gasteiger partial charge on any atom is -0.506 e. The standard InChI is InChI=1S/C13H13BrN2O4/c1-19-20-6-16-10-4-2-3-7-11(10)9(14)5-8(12(7)17)13(15)18/h2-5,16-17H,6H2,1H3,(H2,15,18). The Bertz CT molecular complexity index is 660. The highest BCUT2D eigenvalue weighted by Crippen LogP contribution is 2.38. The number of carbonyl (C=O) groups excluding carboxylic acids is 1. The van der Waals surface area contributed by atoms with Gasteiger partial charge >= 0.3 is 0 Å². The first-order chi connectivity index (χ1) is 9.56. The summed E-state index contributed by atoms with van der Waals surface area (Å²) in [5.74, 6) is -0.835. The van der Waals surface area contributed by atoms with Crippen LogP contribution in [0.4, 0.5) is 5.69 Å². The van der Waals surface area contributed by atoms with Crippen LogP contribution < -0.4 is 11.1 Å². The molecule has 0 atom stereocenters. The van der Waals surface area contributed by atoms with Crippen LogP contribution in [-0.4, -0.2) is 24.9 Å². The lowest BCUT2D eigenvalue weighted by atomic mass is 10.0. The van der Waals surface area contributed by atoms with E-state index >= 15 is 0 Å². The minimum atomic E-state index is -0.689. The van der Waals surface area contributed by atoms with Crippen molar-refractivity contribution in [2.24, 2.45) is 5.73 Å². The molecule has 0 radical (unpaired) electrons. The summed E-state index contributed by atoms with van der Waals surface area (Å²) < 4.78 is 0.639. The summed E-state index contributed by atoms with van der Waals surface area (Å²) in [7, 11) is 1.41. The molecule has 0 aliphatic rings. The van der Waals surface area contributed by atoms with E-state index in [0.29, 0.717) is 9.86 Å². The number of nitrogens with two attached hydrogens (primary N) is 1. The zero-order valence-corrected chi connectivity index (χ0v) is 12.2. The number of phenols is 1. The number of hydrogen-bond donors (Lipinski definition) is 3. The lowest BCUT2D eigenvalue weighted by Gasteiger charge is -2.13. The summed E-state index contributed by atoms with van der Waals surface area (Å²) in [5.41, 5.74) is 6.02. The van der Waals surface area contributed by atoms with Crippen LogP contribution in [-0.2, 0) is 9.78 Å². The van der Waals surface area contributed by atoms with E-state index in [2.05, 4.69) is 26.1 Å². The van der Waals surface area contributed by atoms with Gasteiger partial charge in [0.1, 0.15) is 5.75 Å². The van der Waals surface area contributed by atoms with Gasteiger partial charge in [0.25, 0.3) is 5.91 Å². The van der Waals surface area contributed by atoms with Crippen LogP contribution in [0.25, 0.3) is 10.8 Å². The molecule has 1 amide bonds. The lowest BCUT2D eigenvalue weighted by Crippen LogP contribution is -2.11. The predicted molar refractivity (Wildman–Crippen MR) is 78.4 cm³/mol. The number of aromatic hydroxyl groups is 1. The molecule has 0 heterocycles. The molecular weight excluding hydrogens is 328 g/mol. The number of hydrogen-bond acceptors (Lipinski definition) is 5. The van der Waals surface area contributed by atoms with E-state index in [1.807, 2.05) is 6.07 Å². The Kier molecular flexibility index (Phi) is 4.43. The molecule has 106 valence electrons. The molecule has 7 heteroatoms. The van der Waals surface area contributed by atoms with Gasteiger partial charge in [0.15, 0.2) is 6.73 Å². The summed E-state index contributed by atoms with van der Waals surface area (Å²) in [6.07, 6.45) is 0. The molecular formula is C13H13BrN2O4. The van der Waals surface area contributed by atoms with Gasteiger partial charge in [0, 0.05) is 20.9 Å². The maximum Gasteiger partial charge on any atom is 0.252 e. The molecule has 2 rings (SSSR count).